The lowest BCUT2D eigenvalue weighted by atomic mass is 10.1. The number of fused-ring (bicyclic) bond motifs is 2. The maximum Gasteiger partial charge on any atom is 0.242 e. The summed E-state index contributed by atoms with van der Waals surface area (Å²) in [5.74, 6) is 0.318. The molecule has 0 saturated heterocycles. The molecule has 0 saturated carbocycles. The Morgan fingerprint density at radius 1 is 1.17 bits per heavy atom. The van der Waals surface area contributed by atoms with Crippen molar-refractivity contribution in [3.63, 3.8) is 0 Å². The van der Waals surface area contributed by atoms with Crippen LogP contribution >= 0.6 is 35.1 Å². The third-order valence-electron chi connectivity index (χ3n) is 4.66. The Balaban J connectivity index is 1.66. The molecule has 1 amide bonds. The maximum atomic E-state index is 13.4. The Bertz CT molecular complexity index is 1170. The Morgan fingerprint density at radius 2 is 1.93 bits per heavy atom. The van der Waals surface area contributed by atoms with E-state index in [-0.39, 0.29) is 17.6 Å². The van der Waals surface area contributed by atoms with Crippen LogP contribution in [0.5, 0.6) is 0 Å². The highest BCUT2D eigenvalue weighted by atomic mass is 35.5. The van der Waals surface area contributed by atoms with Crippen LogP contribution in [0.1, 0.15) is 31.0 Å². The predicted molar refractivity (Wildman–Crippen MR) is 123 cm³/mol. The normalized spacial score (nSPS) is 12.3. The lowest BCUT2D eigenvalue weighted by molar-refractivity contribution is -0.115. The molecule has 150 valence electrons. The number of carbonyl (C=O) groups is 1. The van der Waals surface area contributed by atoms with Crippen molar-refractivity contribution in [2.45, 2.75) is 34.6 Å². The SMILES string of the molecule is CC(C)c1ccc(C#N)c(SCC(=O)N2c3ccccc3Sc3ccc(Cl)cc32)n1. The van der Waals surface area contributed by atoms with Crippen molar-refractivity contribution in [2.75, 3.05) is 10.7 Å². The van der Waals surface area contributed by atoms with E-state index in [0.29, 0.717) is 15.6 Å². The molecule has 4 nitrogen and oxygen atoms in total. The number of anilines is 2. The second kappa shape index (κ2) is 8.73. The van der Waals surface area contributed by atoms with Crippen molar-refractivity contribution in [2.24, 2.45) is 0 Å². The predicted octanol–water partition coefficient (Wildman–Crippen LogP) is 6.65. The van der Waals surface area contributed by atoms with E-state index in [9.17, 15) is 10.1 Å². The van der Waals surface area contributed by atoms with Gasteiger partial charge >= 0.3 is 0 Å². The van der Waals surface area contributed by atoms with Gasteiger partial charge in [-0.2, -0.15) is 5.26 Å². The highest BCUT2D eigenvalue weighted by molar-refractivity contribution is 8.00. The molecule has 1 aliphatic heterocycles. The molecule has 1 aliphatic rings. The number of nitrogens with zero attached hydrogens (tertiary/aromatic N) is 3. The van der Waals surface area contributed by atoms with Crippen LogP contribution in [0.4, 0.5) is 11.4 Å². The molecule has 0 atom stereocenters. The smallest absolute Gasteiger partial charge is 0.242 e. The summed E-state index contributed by atoms with van der Waals surface area (Å²) in [6.45, 7) is 4.11. The van der Waals surface area contributed by atoms with Gasteiger partial charge in [0.1, 0.15) is 11.1 Å². The number of rotatable bonds is 4. The van der Waals surface area contributed by atoms with Crippen molar-refractivity contribution in [1.82, 2.24) is 4.98 Å². The van der Waals surface area contributed by atoms with Gasteiger partial charge in [0, 0.05) is 20.5 Å². The summed E-state index contributed by atoms with van der Waals surface area (Å²) in [7, 11) is 0. The average molecular weight is 452 g/mol. The van der Waals surface area contributed by atoms with Crippen LogP contribution < -0.4 is 4.90 Å². The van der Waals surface area contributed by atoms with Crippen LogP contribution in [0.25, 0.3) is 0 Å². The fourth-order valence-electron chi connectivity index (χ4n) is 3.16. The number of para-hydroxylation sites is 1. The number of aromatic nitrogens is 1. The molecule has 30 heavy (non-hydrogen) atoms. The molecule has 0 radical (unpaired) electrons. The van der Waals surface area contributed by atoms with Gasteiger partial charge in [-0.15, -0.1) is 0 Å². The Hall–Kier alpha value is -2.46. The number of carbonyl (C=O) groups excluding carboxylic acids is 1. The number of halogens is 1. The maximum absolute atomic E-state index is 13.4. The number of benzene rings is 2. The topological polar surface area (TPSA) is 57.0 Å². The van der Waals surface area contributed by atoms with Crippen LogP contribution in [0.15, 0.2) is 69.4 Å². The van der Waals surface area contributed by atoms with Crippen molar-refractivity contribution in [3.8, 4) is 6.07 Å². The summed E-state index contributed by atoms with van der Waals surface area (Å²) < 4.78 is 0. The number of nitriles is 1. The van der Waals surface area contributed by atoms with E-state index in [1.807, 2.05) is 48.5 Å². The van der Waals surface area contributed by atoms with E-state index < -0.39 is 0 Å². The van der Waals surface area contributed by atoms with Gasteiger partial charge in [0.05, 0.1) is 22.7 Å². The molecule has 0 spiro atoms. The van der Waals surface area contributed by atoms with Crippen LogP contribution in [0, 0.1) is 11.3 Å². The molecule has 0 unspecified atom stereocenters. The zero-order chi connectivity index (χ0) is 21.3. The van der Waals surface area contributed by atoms with Crippen LogP contribution in [-0.2, 0) is 4.79 Å². The Morgan fingerprint density at radius 3 is 2.70 bits per heavy atom. The highest BCUT2D eigenvalue weighted by Crippen LogP contribution is 2.49. The van der Waals surface area contributed by atoms with Gasteiger partial charge in [-0.25, -0.2) is 4.98 Å². The summed E-state index contributed by atoms with van der Waals surface area (Å²) in [6, 6.07) is 19.2. The lowest BCUT2D eigenvalue weighted by Gasteiger charge is -2.31. The van der Waals surface area contributed by atoms with E-state index in [4.69, 9.17) is 11.6 Å². The monoisotopic (exact) mass is 451 g/mol. The largest absolute Gasteiger partial charge is 0.278 e. The number of hydrogen-bond acceptors (Lipinski definition) is 5. The van der Waals surface area contributed by atoms with Crippen molar-refractivity contribution in [3.05, 3.63) is 70.9 Å². The van der Waals surface area contributed by atoms with Gasteiger partial charge in [0.15, 0.2) is 0 Å². The van der Waals surface area contributed by atoms with Crippen LogP contribution in [0.2, 0.25) is 5.02 Å². The first-order chi connectivity index (χ1) is 14.5. The number of pyridine rings is 1. The van der Waals surface area contributed by atoms with Gasteiger partial charge in [-0.3, -0.25) is 9.69 Å². The summed E-state index contributed by atoms with van der Waals surface area (Å²) in [6.07, 6.45) is 0. The first-order valence-electron chi connectivity index (χ1n) is 9.41. The minimum absolute atomic E-state index is 0.0862. The number of hydrogen-bond donors (Lipinski definition) is 0. The van der Waals surface area contributed by atoms with E-state index in [0.717, 1.165) is 26.9 Å². The van der Waals surface area contributed by atoms with Gasteiger partial charge in [0.25, 0.3) is 0 Å². The third kappa shape index (κ3) is 4.06. The lowest BCUT2D eigenvalue weighted by Crippen LogP contribution is -2.30. The van der Waals surface area contributed by atoms with E-state index in [2.05, 4.69) is 24.9 Å². The fourth-order valence-corrected chi connectivity index (χ4v) is 5.20. The molecule has 7 heteroatoms. The van der Waals surface area contributed by atoms with E-state index in [1.165, 1.54) is 11.8 Å². The average Bonchev–Trinajstić information content (AvgIpc) is 2.75. The summed E-state index contributed by atoms with van der Waals surface area (Å²) in [5.41, 5.74) is 3.00. The van der Waals surface area contributed by atoms with Crippen LogP contribution in [-0.4, -0.2) is 16.6 Å². The fraction of sp³-hybridized carbons (Fsp3) is 0.174. The van der Waals surface area contributed by atoms with E-state index in [1.54, 1.807) is 22.7 Å². The molecule has 3 aromatic rings. The molecule has 1 aromatic heterocycles. The third-order valence-corrected chi connectivity index (χ3v) is 7.00. The molecule has 2 aromatic carbocycles. The first kappa shape index (κ1) is 20.8. The van der Waals surface area contributed by atoms with Gasteiger partial charge in [-0.05, 0) is 48.4 Å². The van der Waals surface area contributed by atoms with Gasteiger partial charge in [-0.1, -0.05) is 61.1 Å². The quantitative estimate of drug-likeness (QED) is 0.415. The molecule has 0 bridgehead atoms. The summed E-state index contributed by atoms with van der Waals surface area (Å²) in [5, 5.41) is 10.6. The van der Waals surface area contributed by atoms with E-state index >= 15 is 0 Å². The van der Waals surface area contributed by atoms with Crippen molar-refractivity contribution in [1.29, 1.82) is 5.26 Å². The second-order valence-electron chi connectivity index (χ2n) is 7.05. The molecule has 0 N–H and O–H groups in total. The van der Waals surface area contributed by atoms with Crippen molar-refractivity contribution >= 4 is 52.4 Å². The van der Waals surface area contributed by atoms with Crippen LogP contribution in [0.3, 0.4) is 0 Å². The molecule has 0 aliphatic carbocycles. The first-order valence-corrected chi connectivity index (χ1v) is 11.6. The molecular weight excluding hydrogens is 434 g/mol. The summed E-state index contributed by atoms with van der Waals surface area (Å²) in [4.78, 5) is 21.7. The Labute approximate surface area is 189 Å². The Kier molecular flexibility index (Phi) is 6.05. The molecule has 0 fully saturated rings. The zero-order valence-electron chi connectivity index (χ0n) is 16.4. The standard InChI is InChI=1S/C23H18ClN3OS2/c1-14(2)17-9-7-15(12-25)23(26-17)29-13-22(28)27-18-5-3-4-6-20(18)30-21-10-8-16(24)11-19(21)27/h3-11,14H,13H2,1-2H3. The van der Waals surface area contributed by atoms with Gasteiger partial charge in [0.2, 0.25) is 5.91 Å². The molecular formula is C23H18ClN3OS2. The van der Waals surface area contributed by atoms with Gasteiger partial charge < -0.3 is 0 Å². The number of thioether (sulfide) groups is 1. The second-order valence-corrected chi connectivity index (χ2v) is 9.54. The number of amides is 1. The highest BCUT2D eigenvalue weighted by Gasteiger charge is 2.28. The minimum atomic E-state index is -0.0862. The zero-order valence-corrected chi connectivity index (χ0v) is 18.8. The van der Waals surface area contributed by atoms with Crippen molar-refractivity contribution < 1.29 is 4.79 Å². The minimum Gasteiger partial charge on any atom is -0.278 e. The summed E-state index contributed by atoms with van der Waals surface area (Å²) >= 11 is 9.15. The molecule has 4 rings (SSSR count). The molecule has 2 heterocycles.